The van der Waals surface area contributed by atoms with E-state index < -0.39 is 44.6 Å². The molecule has 1 rings (SSSR count). The largest absolute Gasteiger partial charge is 0.469 e. The molecule has 0 saturated carbocycles. The van der Waals surface area contributed by atoms with Crippen LogP contribution in [-0.4, -0.2) is 61.9 Å². The van der Waals surface area contributed by atoms with E-state index >= 15 is 0 Å². The zero-order chi connectivity index (χ0) is 13.4. The van der Waals surface area contributed by atoms with Gasteiger partial charge in [0.2, 0.25) is 0 Å². The second-order valence-electron chi connectivity index (χ2n) is 4.00. The first-order valence-corrected chi connectivity index (χ1v) is 6.29. The summed E-state index contributed by atoms with van der Waals surface area (Å²) in [6.45, 7) is 0.475. The molecule has 1 fully saturated rings. The maximum Gasteiger partial charge on any atom is 0.469 e. The predicted molar refractivity (Wildman–Crippen MR) is 53.5 cm³/mol. The molecule has 1 aliphatic rings. The Morgan fingerprint density at radius 1 is 1.41 bits per heavy atom. The van der Waals surface area contributed by atoms with Crippen LogP contribution in [0, 0.1) is 0 Å². The van der Waals surface area contributed by atoms with Gasteiger partial charge in [-0.2, -0.15) is 0 Å². The van der Waals surface area contributed by atoms with Gasteiger partial charge in [-0.1, -0.05) is 0 Å². The number of hydrogen-bond donors (Lipinski definition) is 6. The molecule has 0 amide bonds. The summed E-state index contributed by atoms with van der Waals surface area (Å²) in [6, 6.07) is -1.25. The topological polar surface area (TPSA) is 163 Å². The minimum absolute atomic E-state index is 0.689. The van der Waals surface area contributed by atoms with Gasteiger partial charge in [0.15, 0.2) is 5.79 Å². The summed E-state index contributed by atoms with van der Waals surface area (Å²) in [5.41, 5.74) is 5.41. The highest BCUT2D eigenvalue weighted by Gasteiger charge is 2.49. The van der Waals surface area contributed by atoms with Gasteiger partial charge >= 0.3 is 7.82 Å². The predicted octanol–water partition coefficient (Wildman–Crippen LogP) is -2.75. The van der Waals surface area contributed by atoms with Crippen LogP contribution in [0.5, 0.6) is 0 Å². The van der Waals surface area contributed by atoms with Crippen molar-refractivity contribution in [2.45, 2.75) is 37.1 Å². The standard InChI is InChI=1S/C7H16NO8P/c1-7(11)6(8)5(10)4(9)3(16-7)2-15-17(12,13)14/h3-6,9-11H,2,8H2,1H3,(H2,12,13,14)/t3-,4-,5+,6-,7-/m1/s1. The van der Waals surface area contributed by atoms with Crippen LogP contribution >= 0.6 is 7.82 Å². The van der Waals surface area contributed by atoms with E-state index in [0.29, 0.717) is 0 Å². The van der Waals surface area contributed by atoms with Crippen molar-refractivity contribution in [1.29, 1.82) is 0 Å². The van der Waals surface area contributed by atoms with Crippen LogP contribution in [0.3, 0.4) is 0 Å². The molecule has 0 aromatic rings. The molecule has 0 aliphatic carbocycles. The Balaban J connectivity index is 2.70. The summed E-state index contributed by atoms with van der Waals surface area (Å²) in [6.07, 6.45) is -4.31. The first-order valence-electron chi connectivity index (χ1n) is 4.76. The zero-order valence-corrected chi connectivity index (χ0v) is 9.90. The minimum atomic E-state index is -4.72. The van der Waals surface area contributed by atoms with Crippen LogP contribution in [0.1, 0.15) is 6.92 Å². The van der Waals surface area contributed by atoms with Crippen LogP contribution in [0.25, 0.3) is 0 Å². The molecular formula is C7H16NO8P. The highest BCUT2D eigenvalue weighted by molar-refractivity contribution is 7.46. The highest BCUT2D eigenvalue weighted by Crippen LogP contribution is 2.37. The number of hydrogen-bond acceptors (Lipinski definition) is 7. The van der Waals surface area contributed by atoms with Crippen molar-refractivity contribution in [3.63, 3.8) is 0 Å². The summed E-state index contributed by atoms with van der Waals surface area (Å²) < 4.78 is 19.5. The lowest BCUT2D eigenvalue weighted by Gasteiger charge is -2.44. The first kappa shape index (κ1) is 15.0. The second kappa shape index (κ2) is 4.88. The van der Waals surface area contributed by atoms with Crippen LogP contribution in [-0.2, 0) is 13.8 Å². The number of phosphoric acid groups is 1. The zero-order valence-electron chi connectivity index (χ0n) is 9.00. The fraction of sp³-hybridized carbons (Fsp3) is 1.00. The van der Waals surface area contributed by atoms with E-state index in [4.69, 9.17) is 20.3 Å². The average Bonchev–Trinajstić information content (AvgIpc) is 2.17. The molecule has 1 heterocycles. The molecule has 10 heteroatoms. The average molecular weight is 273 g/mol. The Morgan fingerprint density at radius 3 is 2.41 bits per heavy atom. The third-order valence-corrected chi connectivity index (χ3v) is 3.00. The smallest absolute Gasteiger partial charge is 0.388 e. The van der Waals surface area contributed by atoms with Crippen LogP contribution in [0.15, 0.2) is 0 Å². The van der Waals surface area contributed by atoms with Crippen molar-refractivity contribution in [3.8, 4) is 0 Å². The number of ether oxygens (including phenoxy) is 1. The fourth-order valence-electron chi connectivity index (χ4n) is 1.51. The van der Waals surface area contributed by atoms with Gasteiger partial charge in [-0.25, -0.2) is 4.57 Å². The number of aliphatic hydroxyl groups excluding tert-OH is 2. The minimum Gasteiger partial charge on any atom is -0.388 e. The van der Waals surface area contributed by atoms with Gasteiger partial charge in [0.05, 0.1) is 12.6 Å². The lowest BCUT2D eigenvalue weighted by Crippen LogP contribution is -2.67. The van der Waals surface area contributed by atoms with Crippen molar-refractivity contribution < 1.29 is 38.9 Å². The van der Waals surface area contributed by atoms with Gasteiger partial charge in [-0.3, -0.25) is 4.52 Å². The molecule has 0 spiro atoms. The van der Waals surface area contributed by atoms with Crippen molar-refractivity contribution in [2.75, 3.05) is 6.61 Å². The van der Waals surface area contributed by atoms with E-state index in [9.17, 15) is 19.9 Å². The molecule has 0 aromatic heterocycles. The third-order valence-electron chi connectivity index (χ3n) is 2.51. The summed E-state index contributed by atoms with van der Waals surface area (Å²) in [5.74, 6) is -1.93. The SMILES string of the molecule is C[C@@]1(O)O[C@H](COP(=O)(O)O)[C@@H](O)[C@H](O)[C@H]1N. The molecule has 0 unspecified atom stereocenters. The van der Waals surface area contributed by atoms with E-state index in [1.807, 2.05) is 0 Å². The molecule has 1 aliphatic heterocycles. The third kappa shape index (κ3) is 3.68. The number of aliphatic hydroxyl groups is 3. The molecule has 0 bridgehead atoms. The molecule has 7 N–H and O–H groups in total. The number of rotatable bonds is 3. The van der Waals surface area contributed by atoms with Crippen molar-refractivity contribution in [2.24, 2.45) is 5.73 Å². The van der Waals surface area contributed by atoms with E-state index in [2.05, 4.69) is 4.52 Å². The fourth-order valence-corrected chi connectivity index (χ4v) is 1.85. The molecule has 9 nitrogen and oxygen atoms in total. The quantitative estimate of drug-likeness (QED) is 0.299. The van der Waals surface area contributed by atoms with Crippen molar-refractivity contribution in [3.05, 3.63) is 0 Å². The van der Waals surface area contributed by atoms with Crippen LogP contribution < -0.4 is 5.73 Å². The summed E-state index contributed by atoms with van der Waals surface area (Å²) in [4.78, 5) is 17.0. The molecule has 0 aromatic carbocycles. The van der Waals surface area contributed by atoms with E-state index in [0.717, 1.165) is 6.92 Å². The summed E-state index contributed by atoms with van der Waals surface area (Å²) in [5, 5.41) is 28.7. The molecule has 102 valence electrons. The van der Waals surface area contributed by atoms with Gasteiger partial charge in [-0.05, 0) is 6.92 Å². The number of nitrogens with two attached hydrogens (primary N) is 1. The molecular weight excluding hydrogens is 257 g/mol. The highest BCUT2D eigenvalue weighted by atomic mass is 31.2. The van der Waals surface area contributed by atoms with Gasteiger partial charge in [-0.15, -0.1) is 0 Å². The van der Waals surface area contributed by atoms with E-state index in [1.54, 1.807) is 0 Å². The second-order valence-corrected chi connectivity index (χ2v) is 5.24. The Kier molecular flexibility index (Phi) is 4.30. The molecule has 17 heavy (non-hydrogen) atoms. The Morgan fingerprint density at radius 2 is 1.94 bits per heavy atom. The lowest BCUT2D eigenvalue weighted by atomic mass is 9.92. The van der Waals surface area contributed by atoms with Gasteiger partial charge < -0.3 is 35.6 Å². The van der Waals surface area contributed by atoms with Crippen molar-refractivity contribution in [1.82, 2.24) is 0 Å². The van der Waals surface area contributed by atoms with E-state index in [1.165, 1.54) is 0 Å². The van der Waals surface area contributed by atoms with Gasteiger partial charge in [0.25, 0.3) is 0 Å². The Labute approximate surface area is 97.0 Å². The van der Waals surface area contributed by atoms with Crippen molar-refractivity contribution >= 4 is 7.82 Å². The molecule has 5 atom stereocenters. The van der Waals surface area contributed by atoms with Crippen LogP contribution in [0.4, 0.5) is 0 Å². The normalized spacial score (nSPS) is 43.7. The van der Waals surface area contributed by atoms with E-state index in [-0.39, 0.29) is 0 Å². The molecule has 0 radical (unpaired) electrons. The first-order chi connectivity index (χ1) is 7.54. The monoisotopic (exact) mass is 273 g/mol. The number of phosphoric ester groups is 1. The Hall–Kier alpha value is -0.0900. The van der Waals surface area contributed by atoms with Gasteiger partial charge in [0.1, 0.15) is 18.3 Å². The van der Waals surface area contributed by atoms with Crippen LogP contribution in [0.2, 0.25) is 0 Å². The Bertz CT molecular complexity index is 317. The molecule has 1 saturated heterocycles. The maximum absolute atomic E-state index is 10.5. The summed E-state index contributed by atoms with van der Waals surface area (Å²) in [7, 11) is -4.72. The summed E-state index contributed by atoms with van der Waals surface area (Å²) >= 11 is 0. The lowest BCUT2D eigenvalue weighted by molar-refractivity contribution is -0.304. The maximum atomic E-state index is 10.5. The van der Waals surface area contributed by atoms with Gasteiger partial charge in [0, 0.05) is 0 Å².